The van der Waals surface area contributed by atoms with E-state index in [1.54, 1.807) is 12.4 Å². The minimum Gasteiger partial charge on any atom is -0.370 e. The number of halogens is 2. The van der Waals surface area contributed by atoms with E-state index in [2.05, 4.69) is 27.1 Å². The van der Waals surface area contributed by atoms with Gasteiger partial charge in [0.25, 0.3) is 0 Å². The molecule has 0 bridgehead atoms. The Kier molecular flexibility index (Phi) is 4.44. The molecule has 3 aromatic heterocycles. The molecule has 184 valence electrons. The van der Waals surface area contributed by atoms with Gasteiger partial charge in [0.2, 0.25) is 5.91 Å². The molecular formula is C28H22F2N6O. The first kappa shape index (κ1) is 22.1. The van der Waals surface area contributed by atoms with Crippen molar-refractivity contribution in [3.05, 3.63) is 89.3 Å². The topological polar surface area (TPSA) is 108 Å². The summed E-state index contributed by atoms with van der Waals surface area (Å²) in [6.45, 7) is 2.25. The largest absolute Gasteiger partial charge is 0.370 e. The molecule has 4 aromatic rings. The standard InChI is InChI=1S/C28H22F2N6O/c1-27-16-11-28(27,21-7-3-6-19(34-21)14-12-32-23(33-13-14)9-8-22(31)37)26-15(25(16)27)10-20(35-36-26)24-17(29)4-2-5-18(24)30/h2-7,10,12-13,16,25H,8-9,11H2,1H3,(H2,31,37)/t16?,25-,27?,28+/m1/s1. The zero-order valence-electron chi connectivity index (χ0n) is 19.9. The van der Waals surface area contributed by atoms with Crippen LogP contribution in [-0.4, -0.2) is 31.1 Å². The zero-order valence-corrected chi connectivity index (χ0v) is 19.9. The van der Waals surface area contributed by atoms with Crippen LogP contribution >= 0.6 is 0 Å². The summed E-state index contributed by atoms with van der Waals surface area (Å²) in [5.74, 6) is -0.385. The molecular weight excluding hydrogens is 474 g/mol. The number of benzene rings is 1. The summed E-state index contributed by atoms with van der Waals surface area (Å²) in [4.78, 5) is 24.8. The van der Waals surface area contributed by atoms with E-state index in [9.17, 15) is 13.6 Å². The van der Waals surface area contributed by atoms with Crippen LogP contribution in [0.15, 0.2) is 54.9 Å². The van der Waals surface area contributed by atoms with Gasteiger partial charge in [-0.2, -0.15) is 5.10 Å². The maximum atomic E-state index is 14.5. The van der Waals surface area contributed by atoms with Gasteiger partial charge in [0.05, 0.1) is 33.8 Å². The second-order valence-electron chi connectivity index (χ2n) is 10.4. The molecule has 2 unspecified atom stereocenters. The van der Waals surface area contributed by atoms with Crippen LogP contribution in [0.25, 0.3) is 22.5 Å². The Morgan fingerprint density at radius 1 is 1.05 bits per heavy atom. The number of nitrogens with zero attached hydrogens (tertiary/aromatic N) is 5. The Bertz CT molecular complexity index is 1590. The van der Waals surface area contributed by atoms with Crippen LogP contribution in [0.2, 0.25) is 0 Å². The fourth-order valence-corrected chi connectivity index (χ4v) is 6.85. The van der Waals surface area contributed by atoms with Crippen molar-refractivity contribution in [2.24, 2.45) is 17.1 Å². The Morgan fingerprint density at radius 3 is 2.51 bits per heavy atom. The van der Waals surface area contributed by atoms with Gasteiger partial charge < -0.3 is 5.73 Å². The van der Waals surface area contributed by atoms with Crippen LogP contribution in [0, 0.1) is 23.0 Å². The summed E-state index contributed by atoms with van der Waals surface area (Å²) >= 11 is 0. The molecule has 3 aliphatic carbocycles. The average molecular weight is 497 g/mol. The summed E-state index contributed by atoms with van der Waals surface area (Å²) in [6, 6.07) is 11.5. The van der Waals surface area contributed by atoms with Gasteiger partial charge in [-0.25, -0.2) is 18.7 Å². The molecule has 0 spiro atoms. The predicted octanol–water partition coefficient (Wildman–Crippen LogP) is 4.11. The Hall–Kier alpha value is -4.14. The Morgan fingerprint density at radius 2 is 1.78 bits per heavy atom. The van der Waals surface area contributed by atoms with Crippen LogP contribution in [0.4, 0.5) is 8.78 Å². The van der Waals surface area contributed by atoms with Gasteiger partial charge >= 0.3 is 0 Å². The van der Waals surface area contributed by atoms with E-state index in [1.807, 2.05) is 24.3 Å². The van der Waals surface area contributed by atoms with Crippen molar-refractivity contribution in [3.8, 4) is 22.5 Å². The number of rotatable bonds is 6. The lowest BCUT2D eigenvalue weighted by atomic mass is 9.57. The smallest absolute Gasteiger partial charge is 0.217 e. The molecule has 2 fully saturated rings. The van der Waals surface area contributed by atoms with E-state index in [1.165, 1.54) is 18.2 Å². The maximum absolute atomic E-state index is 14.5. The number of aromatic nitrogens is 5. The highest BCUT2D eigenvalue weighted by molar-refractivity contribution is 5.74. The molecule has 3 aliphatic rings. The fourth-order valence-electron chi connectivity index (χ4n) is 6.85. The van der Waals surface area contributed by atoms with Crippen molar-refractivity contribution in [2.45, 2.75) is 37.5 Å². The van der Waals surface area contributed by atoms with Crippen molar-refractivity contribution in [2.75, 3.05) is 0 Å². The number of carbonyl (C=O) groups is 1. The Labute approximate surface area is 211 Å². The highest BCUT2D eigenvalue weighted by atomic mass is 19.1. The van der Waals surface area contributed by atoms with Crippen LogP contribution in [-0.2, 0) is 16.6 Å². The number of pyridine rings is 1. The summed E-state index contributed by atoms with van der Waals surface area (Å²) in [7, 11) is 0. The van der Waals surface area contributed by atoms with Gasteiger partial charge in [-0.05, 0) is 59.6 Å². The Balaban J connectivity index is 1.26. The van der Waals surface area contributed by atoms with E-state index < -0.39 is 23.0 Å². The molecule has 1 aromatic carbocycles. The van der Waals surface area contributed by atoms with Crippen LogP contribution < -0.4 is 5.73 Å². The van der Waals surface area contributed by atoms with Gasteiger partial charge in [-0.1, -0.05) is 19.1 Å². The third-order valence-corrected chi connectivity index (χ3v) is 8.72. The number of primary amides is 1. The summed E-state index contributed by atoms with van der Waals surface area (Å²) in [5.41, 5.74) is 9.13. The fraction of sp³-hybridized carbons (Fsp3) is 0.286. The van der Waals surface area contributed by atoms with Crippen LogP contribution in [0.1, 0.15) is 48.5 Å². The van der Waals surface area contributed by atoms with Gasteiger partial charge in [0.1, 0.15) is 17.5 Å². The second-order valence-corrected chi connectivity index (χ2v) is 10.4. The molecule has 0 radical (unpaired) electrons. The minimum absolute atomic E-state index is 0.0445. The summed E-state index contributed by atoms with van der Waals surface area (Å²) < 4.78 is 28.9. The molecule has 0 aliphatic heterocycles. The molecule has 3 heterocycles. The van der Waals surface area contributed by atoms with Crippen molar-refractivity contribution >= 4 is 5.91 Å². The molecule has 7 rings (SSSR count). The van der Waals surface area contributed by atoms with Gasteiger partial charge in [0, 0.05) is 30.8 Å². The van der Waals surface area contributed by atoms with E-state index in [0.29, 0.717) is 18.2 Å². The van der Waals surface area contributed by atoms with E-state index in [4.69, 9.17) is 10.7 Å². The van der Waals surface area contributed by atoms with Crippen molar-refractivity contribution in [1.82, 2.24) is 25.1 Å². The zero-order chi connectivity index (χ0) is 25.5. The summed E-state index contributed by atoms with van der Waals surface area (Å²) in [5, 5.41) is 8.86. The van der Waals surface area contributed by atoms with Crippen LogP contribution in [0.3, 0.4) is 0 Å². The van der Waals surface area contributed by atoms with Gasteiger partial charge in [-0.3, -0.25) is 9.78 Å². The number of hydrogen-bond acceptors (Lipinski definition) is 6. The van der Waals surface area contributed by atoms with Gasteiger partial charge in [0.15, 0.2) is 0 Å². The number of carbonyl (C=O) groups excluding carboxylic acids is 1. The molecule has 37 heavy (non-hydrogen) atoms. The third-order valence-electron chi connectivity index (χ3n) is 8.72. The van der Waals surface area contributed by atoms with Crippen molar-refractivity contribution in [1.29, 1.82) is 0 Å². The average Bonchev–Trinajstić information content (AvgIpc) is 3.33. The lowest BCUT2D eigenvalue weighted by Crippen LogP contribution is -2.46. The number of hydrogen-bond donors (Lipinski definition) is 1. The van der Waals surface area contributed by atoms with E-state index in [-0.39, 0.29) is 29.0 Å². The van der Waals surface area contributed by atoms with Crippen molar-refractivity contribution < 1.29 is 13.6 Å². The lowest BCUT2D eigenvalue weighted by molar-refractivity contribution is -0.118. The van der Waals surface area contributed by atoms with E-state index >= 15 is 0 Å². The lowest BCUT2D eigenvalue weighted by Gasteiger charge is -2.46. The van der Waals surface area contributed by atoms with Gasteiger partial charge in [-0.15, -0.1) is 5.10 Å². The van der Waals surface area contributed by atoms with Crippen molar-refractivity contribution in [3.63, 3.8) is 0 Å². The molecule has 9 heteroatoms. The number of aryl methyl sites for hydroxylation is 1. The minimum atomic E-state index is -0.650. The predicted molar refractivity (Wildman–Crippen MR) is 130 cm³/mol. The monoisotopic (exact) mass is 496 g/mol. The number of fused-ring (bicyclic) bond motifs is 4. The number of nitrogens with two attached hydrogens (primary N) is 1. The quantitative estimate of drug-likeness (QED) is 0.430. The molecule has 1 amide bonds. The SMILES string of the molecule is CC12C3C[C@]1(c1cccc(-c4cnc(CCC(N)=O)nc4)n1)c1nnc(-c4c(F)cccc4F)cc1[C@H]32. The molecule has 2 N–H and O–H groups in total. The number of amides is 1. The first-order valence-electron chi connectivity index (χ1n) is 12.2. The molecule has 4 atom stereocenters. The highest BCUT2D eigenvalue weighted by Crippen LogP contribution is 2.90. The highest BCUT2D eigenvalue weighted by Gasteiger charge is 2.87. The van der Waals surface area contributed by atoms with E-state index in [0.717, 1.165) is 34.6 Å². The molecule has 7 nitrogen and oxygen atoms in total. The normalized spacial score (nSPS) is 26.2. The first-order valence-corrected chi connectivity index (χ1v) is 12.2. The maximum Gasteiger partial charge on any atom is 0.217 e. The molecule has 0 saturated heterocycles. The third kappa shape index (κ3) is 2.85. The van der Waals surface area contributed by atoms with Crippen LogP contribution in [0.5, 0.6) is 0 Å². The second kappa shape index (κ2) is 7.44. The summed E-state index contributed by atoms with van der Waals surface area (Å²) in [6.07, 6.45) is 4.91. The first-order chi connectivity index (χ1) is 17.8. The molecule has 2 saturated carbocycles.